The molecule has 9 nitrogen and oxygen atoms in total. The maximum Gasteiger partial charge on any atom is 0.332 e. The highest BCUT2D eigenvalue weighted by molar-refractivity contribution is 5.77. The van der Waals surface area contributed by atoms with Crippen LogP contribution in [-0.2, 0) is 25.4 Å². The lowest BCUT2D eigenvalue weighted by atomic mass is 10.3. The number of benzene rings is 1. The zero-order chi connectivity index (χ0) is 17.3. The minimum atomic E-state index is -0.596. The van der Waals surface area contributed by atoms with E-state index < -0.39 is 23.7 Å². The van der Waals surface area contributed by atoms with Gasteiger partial charge in [0.05, 0.1) is 12.0 Å². The Morgan fingerprint density at radius 2 is 1.88 bits per heavy atom. The van der Waals surface area contributed by atoms with Gasteiger partial charge in [0, 0.05) is 14.1 Å². The molecule has 0 radical (unpaired) electrons. The summed E-state index contributed by atoms with van der Waals surface area (Å²) in [5.41, 5.74) is 5.27. The number of anilines is 1. The summed E-state index contributed by atoms with van der Waals surface area (Å²) in [6, 6.07) is 9.01. The van der Waals surface area contributed by atoms with Crippen LogP contribution in [0.1, 0.15) is 0 Å². The Kier molecular flexibility index (Phi) is 3.90. The summed E-state index contributed by atoms with van der Waals surface area (Å²) in [4.78, 5) is 40.9. The van der Waals surface area contributed by atoms with E-state index >= 15 is 0 Å². The molecule has 0 fully saturated rings. The lowest BCUT2D eigenvalue weighted by Crippen LogP contribution is -2.44. The van der Waals surface area contributed by atoms with Gasteiger partial charge >= 0.3 is 5.69 Å². The Bertz CT molecular complexity index is 1020. The second-order valence-electron chi connectivity index (χ2n) is 5.30. The molecule has 0 aliphatic heterocycles. The third-order valence-corrected chi connectivity index (χ3v) is 3.62. The van der Waals surface area contributed by atoms with Gasteiger partial charge in [-0.15, -0.1) is 0 Å². The third-order valence-electron chi connectivity index (χ3n) is 3.62. The van der Waals surface area contributed by atoms with E-state index in [1.54, 1.807) is 19.2 Å². The van der Waals surface area contributed by atoms with Crippen LogP contribution >= 0.6 is 0 Å². The number of aryl methyl sites for hydroxylation is 2. The van der Waals surface area contributed by atoms with Crippen molar-refractivity contribution in [1.82, 2.24) is 24.1 Å². The maximum absolute atomic E-state index is 12.5. The number of nitrogens with one attached hydrogen (secondary N) is 2. The van der Waals surface area contributed by atoms with E-state index in [-0.39, 0.29) is 11.2 Å². The summed E-state index contributed by atoms with van der Waals surface area (Å²) >= 11 is 0. The van der Waals surface area contributed by atoms with Crippen molar-refractivity contribution in [2.24, 2.45) is 14.1 Å². The molecule has 0 aliphatic carbocycles. The normalized spacial score (nSPS) is 10.8. The molecule has 2 N–H and O–H groups in total. The highest BCUT2D eigenvalue weighted by Crippen LogP contribution is 2.03. The highest BCUT2D eigenvalue weighted by Gasteiger charge is 2.16. The van der Waals surface area contributed by atoms with Crippen molar-refractivity contribution >= 4 is 22.8 Å². The molecule has 3 aromatic rings. The molecular formula is C15H16N6O3. The number of fused-ring (bicyclic) bond motifs is 1. The van der Waals surface area contributed by atoms with Gasteiger partial charge in [-0.3, -0.25) is 25.0 Å². The summed E-state index contributed by atoms with van der Waals surface area (Å²) in [6.45, 7) is -0.396. The van der Waals surface area contributed by atoms with E-state index in [0.717, 1.165) is 4.57 Å². The topological polar surface area (TPSA) is 103 Å². The van der Waals surface area contributed by atoms with Crippen LogP contribution in [0.15, 0.2) is 46.2 Å². The fourth-order valence-corrected chi connectivity index (χ4v) is 2.38. The standard InChI is InChI=1S/C15H16N6O3/c1-19-9-16-13-12(19)14(23)21(15(24)20(13)2)8-11(22)18-17-10-6-4-3-5-7-10/h3-7,9,17H,8H2,1-2H3,(H,18,22). The van der Waals surface area contributed by atoms with Gasteiger partial charge in [-0.1, -0.05) is 18.2 Å². The van der Waals surface area contributed by atoms with Gasteiger partial charge in [-0.25, -0.2) is 14.3 Å². The monoisotopic (exact) mass is 328 g/mol. The molecule has 0 spiro atoms. The first kappa shape index (κ1) is 15.5. The fourth-order valence-electron chi connectivity index (χ4n) is 2.38. The molecule has 124 valence electrons. The van der Waals surface area contributed by atoms with Crippen LogP contribution in [0.25, 0.3) is 11.2 Å². The molecule has 1 aromatic carbocycles. The minimum Gasteiger partial charge on any atom is -0.328 e. The van der Waals surface area contributed by atoms with Crippen LogP contribution in [0.5, 0.6) is 0 Å². The van der Waals surface area contributed by atoms with Crippen molar-refractivity contribution in [2.45, 2.75) is 6.54 Å². The van der Waals surface area contributed by atoms with Crippen molar-refractivity contribution < 1.29 is 4.79 Å². The molecule has 0 saturated heterocycles. The molecule has 2 aromatic heterocycles. The zero-order valence-corrected chi connectivity index (χ0v) is 13.2. The largest absolute Gasteiger partial charge is 0.332 e. The van der Waals surface area contributed by atoms with Crippen molar-refractivity contribution in [3.8, 4) is 0 Å². The Labute approximate surface area is 136 Å². The summed E-state index contributed by atoms with van der Waals surface area (Å²) < 4.78 is 3.65. The maximum atomic E-state index is 12.5. The summed E-state index contributed by atoms with van der Waals surface area (Å²) in [6.07, 6.45) is 1.45. The second kappa shape index (κ2) is 6.03. The van der Waals surface area contributed by atoms with E-state index in [4.69, 9.17) is 0 Å². The van der Waals surface area contributed by atoms with Crippen LogP contribution in [0.3, 0.4) is 0 Å². The van der Waals surface area contributed by atoms with Gasteiger partial charge in [-0.2, -0.15) is 0 Å². The summed E-state index contributed by atoms with van der Waals surface area (Å²) in [7, 11) is 3.16. The number of amides is 1. The van der Waals surface area contributed by atoms with E-state index in [2.05, 4.69) is 15.8 Å². The van der Waals surface area contributed by atoms with Crippen molar-refractivity contribution in [3.05, 3.63) is 57.5 Å². The number of carbonyl (C=O) groups excluding carboxylic acids is 1. The lowest BCUT2D eigenvalue weighted by Gasteiger charge is -2.10. The third kappa shape index (κ3) is 2.67. The van der Waals surface area contributed by atoms with Crippen LogP contribution in [0.4, 0.5) is 5.69 Å². The van der Waals surface area contributed by atoms with Crippen LogP contribution in [-0.4, -0.2) is 24.6 Å². The number of aromatic nitrogens is 4. The second-order valence-corrected chi connectivity index (χ2v) is 5.30. The Morgan fingerprint density at radius 3 is 2.58 bits per heavy atom. The molecule has 0 atom stereocenters. The first-order chi connectivity index (χ1) is 11.5. The van der Waals surface area contributed by atoms with E-state index in [9.17, 15) is 14.4 Å². The van der Waals surface area contributed by atoms with Gasteiger partial charge in [0.25, 0.3) is 11.5 Å². The van der Waals surface area contributed by atoms with Crippen LogP contribution < -0.4 is 22.1 Å². The molecule has 9 heteroatoms. The lowest BCUT2D eigenvalue weighted by molar-refractivity contribution is -0.121. The van der Waals surface area contributed by atoms with Crippen molar-refractivity contribution in [3.63, 3.8) is 0 Å². The number of hydrogen-bond acceptors (Lipinski definition) is 5. The first-order valence-corrected chi connectivity index (χ1v) is 7.20. The Balaban J connectivity index is 1.87. The molecular weight excluding hydrogens is 312 g/mol. The SMILES string of the molecule is Cn1cnc2c1c(=O)n(CC(=O)NNc1ccccc1)c(=O)n2C. The van der Waals surface area contributed by atoms with Crippen molar-refractivity contribution in [2.75, 3.05) is 5.43 Å². The molecule has 0 saturated carbocycles. The average molecular weight is 328 g/mol. The Hall–Kier alpha value is -3.36. The predicted molar refractivity (Wildman–Crippen MR) is 88.4 cm³/mol. The number of hydrogen-bond donors (Lipinski definition) is 2. The molecule has 2 heterocycles. The summed E-state index contributed by atoms with van der Waals surface area (Å²) in [5, 5.41) is 0. The summed E-state index contributed by atoms with van der Waals surface area (Å²) in [5.74, 6) is -0.514. The number of nitrogens with zero attached hydrogens (tertiary/aromatic N) is 4. The highest BCUT2D eigenvalue weighted by atomic mass is 16.2. The van der Waals surface area contributed by atoms with Gasteiger partial charge < -0.3 is 4.57 Å². The predicted octanol–water partition coefficient (Wildman–Crippen LogP) is -0.423. The minimum absolute atomic E-state index is 0.265. The van der Waals surface area contributed by atoms with Crippen LogP contribution in [0.2, 0.25) is 0 Å². The molecule has 1 amide bonds. The molecule has 0 aliphatic rings. The smallest absolute Gasteiger partial charge is 0.328 e. The van der Waals surface area contributed by atoms with E-state index in [0.29, 0.717) is 5.69 Å². The molecule has 0 bridgehead atoms. The molecule has 24 heavy (non-hydrogen) atoms. The van der Waals surface area contributed by atoms with Gasteiger partial charge in [0.15, 0.2) is 11.2 Å². The van der Waals surface area contributed by atoms with Gasteiger partial charge in [0.1, 0.15) is 6.54 Å². The average Bonchev–Trinajstić information content (AvgIpc) is 2.98. The number of carbonyl (C=O) groups is 1. The van der Waals surface area contributed by atoms with Crippen LogP contribution in [0, 0.1) is 0 Å². The van der Waals surface area contributed by atoms with E-state index in [1.807, 2.05) is 18.2 Å². The quantitative estimate of drug-likeness (QED) is 0.633. The van der Waals surface area contributed by atoms with Gasteiger partial charge in [-0.05, 0) is 12.1 Å². The number of hydrazine groups is 1. The number of para-hydroxylation sites is 1. The van der Waals surface area contributed by atoms with E-state index in [1.165, 1.54) is 22.5 Å². The first-order valence-electron chi connectivity index (χ1n) is 7.20. The fraction of sp³-hybridized carbons (Fsp3) is 0.200. The van der Waals surface area contributed by atoms with Crippen molar-refractivity contribution in [1.29, 1.82) is 0 Å². The molecule has 0 unspecified atom stereocenters. The Morgan fingerprint density at radius 1 is 1.17 bits per heavy atom. The van der Waals surface area contributed by atoms with Gasteiger partial charge in [0.2, 0.25) is 0 Å². The number of imidazole rings is 1. The molecule has 3 rings (SSSR count). The number of rotatable bonds is 4. The zero-order valence-electron chi connectivity index (χ0n) is 13.2.